The Labute approximate surface area is 347 Å². The summed E-state index contributed by atoms with van der Waals surface area (Å²) in [6, 6.07) is 0. The average Bonchev–Trinajstić information content (AvgIpc) is 3.20. The first-order chi connectivity index (χ1) is 27.6. The van der Waals surface area contributed by atoms with Crippen molar-refractivity contribution in [3.63, 3.8) is 0 Å². The number of carbonyl (C=O) groups is 2. The highest BCUT2D eigenvalue weighted by molar-refractivity contribution is 5.70. The number of aliphatic hydroxyl groups excluding tert-OH is 1. The van der Waals surface area contributed by atoms with Crippen LogP contribution >= 0.6 is 0 Å². The number of unbranched alkanes of at least 4 members (excludes halogenated alkanes) is 25. The largest absolute Gasteiger partial charge is 0.462 e. The molecular weight excluding hydrogens is 693 g/mol. The molecule has 0 heterocycles. The van der Waals surface area contributed by atoms with E-state index in [1.54, 1.807) is 0 Å². The minimum Gasteiger partial charge on any atom is -0.462 e. The normalized spacial score (nSPS) is 12.7. The number of carbonyl (C=O) groups excluding carboxylic acids is 2. The number of hydrogen-bond donors (Lipinski definition) is 1. The van der Waals surface area contributed by atoms with Crippen LogP contribution in [0.25, 0.3) is 0 Å². The van der Waals surface area contributed by atoms with E-state index in [4.69, 9.17) is 9.47 Å². The summed E-state index contributed by atoms with van der Waals surface area (Å²) in [4.78, 5) is 24.3. The van der Waals surface area contributed by atoms with Gasteiger partial charge >= 0.3 is 11.9 Å². The third kappa shape index (κ3) is 44.3. The number of allylic oxidation sites excluding steroid dienone is 10. The Hall–Kier alpha value is -2.40. The van der Waals surface area contributed by atoms with Gasteiger partial charge < -0.3 is 14.6 Å². The van der Waals surface area contributed by atoms with Gasteiger partial charge in [0.15, 0.2) is 6.10 Å². The molecule has 0 saturated carbocycles. The van der Waals surface area contributed by atoms with Gasteiger partial charge in [0.1, 0.15) is 6.61 Å². The lowest BCUT2D eigenvalue weighted by Crippen LogP contribution is -2.28. The molecule has 0 aliphatic heterocycles. The van der Waals surface area contributed by atoms with Crippen LogP contribution in [0.3, 0.4) is 0 Å². The molecule has 324 valence electrons. The molecule has 56 heavy (non-hydrogen) atoms. The van der Waals surface area contributed by atoms with E-state index in [0.29, 0.717) is 12.8 Å². The zero-order valence-electron chi connectivity index (χ0n) is 36.9. The molecule has 0 fully saturated rings. The summed E-state index contributed by atoms with van der Waals surface area (Å²) in [6.45, 7) is 4.00. The highest BCUT2D eigenvalue weighted by atomic mass is 16.6. The molecular formula is C51H90O5. The van der Waals surface area contributed by atoms with Gasteiger partial charge in [0, 0.05) is 12.8 Å². The predicted octanol–water partition coefficient (Wildman–Crippen LogP) is 15.5. The molecule has 0 amide bonds. The fourth-order valence-corrected chi connectivity index (χ4v) is 6.72. The van der Waals surface area contributed by atoms with Gasteiger partial charge in [-0.3, -0.25) is 9.59 Å². The molecule has 0 bridgehead atoms. The summed E-state index contributed by atoms with van der Waals surface area (Å²) >= 11 is 0. The van der Waals surface area contributed by atoms with Gasteiger partial charge in [0.05, 0.1) is 6.61 Å². The van der Waals surface area contributed by atoms with Crippen molar-refractivity contribution in [2.75, 3.05) is 13.2 Å². The monoisotopic (exact) mass is 783 g/mol. The highest BCUT2D eigenvalue weighted by Crippen LogP contribution is 2.15. The van der Waals surface area contributed by atoms with Crippen LogP contribution in [0.2, 0.25) is 0 Å². The molecule has 5 heteroatoms. The molecule has 0 spiro atoms. The number of esters is 2. The van der Waals surface area contributed by atoms with E-state index in [9.17, 15) is 14.7 Å². The minimum absolute atomic E-state index is 0.0830. The lowest BCUT2D eigenvalue weighted by atomic mass is 10.0. The summed E-state index contributed by atoms with van der Waals surface area (Å²) in [7, 11) is 0. The molecule has 0 radical (unpaired) electrons. The van der Waals surface area contributed by atoms with Crippen molar-refractivity contribution in [1.82, 2.24) is 0 Å². The van der Waals surface area contributed by atoms with Crippen molar-refractivity contribution in [3.05, 3.63) is 60.8 Å². The maximum Gasteiger partial charge on any atom is 0.306 e. The Kier molecular flexibility index (Phi) is 45.0. The van der Waals surface area contributed by atoms with E-state index in [0.717, 1.165) is 64.2 Å². The van der Waals surface area contributed by atoms with E-state index >= 15 is 0 Å². The van der Waals surface area contributed by atoms with Crippen molar-refractivity contribution < 1.29 is 24.2 Å². The van der Waals surface area contributed by atoms with Crippen LogP contribution in [0.5, 0.6) is 0 Å². The second-order valence-corrected chi connectivity index (χ2v) is 15.8. The van der Waals surface area contributed by atoms with Gasteiger partial charge in [0.2, 0.25) is 0 Å². The maximum atomic E-state index is 12.2. The molecule has 1 unspecified atom stereocenters. The van der Waals surface area contributed by atoms with Crippen LogP contribution in [0.4, 0.5) is 0 Å². The minimum atomic E-state index is -0.794. The second kappa shape index (κ2) is 47.0. The van der Waals surface area contributed by atoms with E-state index in [2.05, 4.69) is 74.6 Å². The Bertz CT molecular complexity index is 977. The fourth-order valence-electron chi connectivity index (χ4n) is 6.72. The Balaban J connectivity index is 3.50. The van der Waals surface area contributed by atoms with E-state index in [-0.39, 0.29) is 25.2 Å². The molecule has 1 N–H and O–H groups in total. The summed E-state index contributed by atoms with van der Waals surface area (Å²) in [5.74, 6) is -0.636. The predicted molar refractivity (Wildman–Crippen MR) is 242 cm³/mol. The van der Waals surface area contributed by atoms with Crippen molar-refractivity contribution in [1.29, 1.82) is 0 Å². The van der Waals surface area contributed by atoms with E-state index in [1.807, 2.05) is 0 Å². The van der Waals surface area contributed by atoms with Gasteiger partial charge in [-0.1, -0.05) is 203 Å². The van der Waals surface area contributed by atoms with Crippen molar-refractivity contribution in [2.45, 2.75) is 238 Å². The lowest BCUT2D eigenvalue weighted by Gasteiger charge is -2.15. The quantitative estimate of drug-likeness (QED) is 0.0379. The third-order valence-corrected chi connectivity index (χ3v) is 10.3. The molecule has 0 aliphatic carbocycles. The van der Waals surface area contributed by atoms with Gasteiger partial charge in [-0.15, -0.1) is 0 Å². The number of aliphatic hydroxyl groups is 1. The molecule has 0 saturated heterocycles. The van der Waals surface area contributed by atoms with Crippen molar-refractivity contribution >= 4 is 11.9 Å². The second-order valence-electron chi connectivity index (χ2n) is 15.8. The van der Waals surface area contributed by atoms with E-state index < -0.39 is 6.10 Å². The zero-order valence-corrected chi connectivity index (χ0v) is 36.9. The maximum absolute atomic E-state index is 12.2. The summed E-state index contributed by atoms with van der Waals surface area (Å²) in [5.41, 5.74) is 0. The fraction of sp³-hybridized carbons (Fsp3) is 0.765. The standard InChI is InChI=1S/C51H90O5/c1-3-5-7-9-11-13-15-17-19-20-21-22-23-24-25-26-27-28-29-30-32-33-35-37-39-41-43-45-50(53)55-48-49(47-52)56-51(54)46-44-42-40-38-36-34-31-18-16-14-12-10-8-6-4-2/h6,8,12,14,18,20-21,31,36,38,49,52H,3-5,7,9-11,13,15-17,19,22-30,32-35,37,39-48H2,1-2H3/b8-6-,14-12-,21-20-,31-18-,38-36-. The van der Waals surface area contributed by atoms with Gasteiger partial charge in [-0.25, -0.2) is 0 Å². The lowest BCUT2D eigenvalue weighted by molar-refractivity contribution is -0.161. The molecule has 0 aromatic rings. The van der Waals surface area contributed by atoms with Crippen LogP contribution < -0.4 is 0 Å². The van der Waals surface area contributed by atoms with Gasteiger partial charge in [-0.05, 0) is 77.0 Å². The van der Waals surface area contributed by atoms with E-state index in [1.165, 1.54) is 141 Å². The molecule has 0 aromatic heterocycles. The SMILES string of the molecule is CC/C=C\C/C=C\C/C=C\C/C=C\CCCCC(=O)OC(CO)COC(=O)CCCCCCCCCCCCCCCCC/C=C\CCCCCCCCCC. The third-order valence-electron chi connectivity index (χ3n) is 10.3. The highest BCUT2D eigenvalue weighted by Gasteiger charge is 2.16. The first kappa shape index (κ1) is 53.6. The molecule has 0 aliphatic rings. The zero-order chi connectivity index (χ0) is 40.7. The molecule has 0 rings (SSSR count). The van der Waals surface area contributed by atoms with Gasteiger partial charge in [-0.2, -0.15) is 0 Å². The summed E-state index contributed by atoms with van der Waals surface area (Å²) < 4.78 is 10.6. The summed E-state index contributed by atoms with van der Waals surface area (Å²) in [6.07, 6.45) is 61.8. The molecule has 0 aromatic carbocycles. The molecule has 1 atom stereocenters. The number of ether oxygens (including phenoxy) is 2. The number of hydrogen-bond acceptors (Lipinski definition) is 5. The van der Waals surface area contributed by atoms with Crippen LogP contribution in [0.15, 0.2) is 60.8 Å². The van der Waals surface area contributed by atoms with Crippen LogP contribution in [0.1, 0.15) is 232 Å². The van der Waals surface area contributed by atoms with Crippen LogP contribution in [-0.2, 0) is 19.1 Å². The Morgan fingerprint density at radius 2 is 0.768 bits per heavy atom. The number of rotatable bonds is 43. The van der Waals surface area contributed by atoms with Crippen LogP contribution in [-0.4, -0.2) is 36.4 Å². The first-order valence-corrected chi connectivity index (χ1v) is 23.8. The van der Waals surface area contributed by atoms with Gasteiger partial charge in [0.25, 0.3) is 0 Å². The Morgan fingerprint density at radius 1 is 0.429 bits per heavy atom. The smallest absolute Gasteiger partial charge is 0.306 e. The summed E-state index contributed by atoms with van der Waals surface area (Å²) in [5, 5.41) is 9.58. The average molecular weight is 783 g/mol. The van der Waals surface area contributed by atoms with Crippen molar-refractivity contribution in [3.8, 4) is 0 Å². The Morgan fingerprint density at radius 3 is 1.21 bits per heavy atom. The topological polar surface area (TPSA) is 72.8 Å². The van der Waals surface area contributed by atoms with Crippen molar-refractivity contribution in [2.24, 2.45) is 0 Å². The molecule has 5 nitrogen and oxygen atoms in total. The van der Waals surface area contributed by atoms with Crippen LogP contribution in [0, 0.1) is 0 Å². The first-order valence-electron chi connectivity index (χ1n) is 23.8.